The Balaban J connectivity index is 2.29. The number of ether oxygens (including phenoxy) is 1. The molecule has 2 N–H and O–H groups in total. The van der Waals surface area contributed by atoms with Gasteiger partial charge in [-0.25, -0.2) is 9.78 Å². The standard InChI is InChI=1S/C15H20ClN5O4/c1-8(12(22)23)21-11-9(17-13(21)15(2,3)24)10(18-14(16)19-11)20-4-6-25-7-5-20/h8,24H,4-7H2,1-3H3,(H,22,23). The van der Waals surface area contributed by atoms with E-state index < -0.39 is 17.6 Å². The number of imidazole rings is 1. The Hall–Kier alpha value is -1.97. The second-order valence-electron chi connectivity index (χ2n) is 6.47. The lowest BCUT2D eigenvalue weighted by molar-refractivity contribution is -0.140. The maximum Gasteiger partial charge on any atom is 0.326 e. The molecule has 9 nitrogen and oxygen atoms in total. The van der Waals surface area contributed by atoms with Gasteiger partial charge in [0.15, 0.2) is 17.0 Å². The van der Waals surface area contributed by atoms with Crippen molar-refractivity contribution in [2.24, 2.45) is 0 Å². The van der Waals surface area contributed by atoms with Gasteiger partial charge in [0.1, 0.15) is 17.5 Å². The van der Waals surface area contributed by atoms with Crippen molar-refractivity contribution in [1.82, 2.24) is 19.5 Å². The molecule has 1 saturated heterocycles. The summed E-state index contributed by atoms with van der Waals surface area (Å²) in [5.74, 6) is -0.351. The molecule has 2 aromatic heterocycles. The van der Waals surface area contributed by atoms with Crippen LogP contribution in [0.15, 0.2) is 0 Å². The van der Waals surface area contributed by atoms with Crippen LogP contribution in [0, 0.1) is 0 Å². The quantitative estimate of drug-likeness (QED) is 0.772. The van der Waals surface area contributed by atoms with Crippen molar-refractivity contribution < 1.29 is 19.7 Å². The molecule has 0 bridgehead atoms. The maximum atomic E-state index is 11.6. The molecule has 136 valence electrons. The van der Waals surface area contributed by atoms with E-state index in [4.69, 9.17) is 16.3 Å². The Kier molecular flexibility index (Phi) is 4.56. The molecule has 25 heavy (non-hydrogen) atoms. The van der Waals surface area contributed by atoms with Crippen LogP contribution in [-0.4, -0.2) is 62.0 Å². The number of halogens is 1. The predicted octanol–water partition coefficient (Wildman–Crippen LogP) is 1.19. The van der Waals surface area contributed by atoms with E-state index in [-0.39, 0.29) is 16.8 Å². The van der Waals surface area contributed by atoms with Gasteiger partial charge in [-0.1, -0.05) is 0 Å². The van der Waals surface area contributed by atoms with Gasteiger partial charge in [0.05, 0.1) is 13.2 Å². The second-order valence-corrected chi connectivity index (χ2v) is 6.80. The van der Waals surface area contributed by atoms with Gasteiger partial charge in [-0.3, -0.25) is 4.57 Å². The summed E-state index contributed by atoms with van der Waals surface area (Å²) in [5, 5.41) is 19.9. The van der Waals surface area contributed by atoms with Crippen LogP contribution in [0.3, 0.4) is 0 Å². The summed E-state index contributed by atoms with van der Waals surface area (Å²) in [7, 11) is 0. The number of hydrogen-bond donors (Lipinski definition) is 2. The molecule has 10 heteroatoms. The van der Waals surface area contributed by atoms with Gasteiger partial charge >= 0.3 is 5.97 Å². The maximum absolute atomic E-state index is 11.6. The molecule has 1 unspecified atom stereocenters. The van der Waals surface area contributed by atoms with Crippen molar-refractivity contribution in [3.05, 3.63) is 11.1 Å². The SMILES string of the molecule is CC(C(=O)O)n1c(C(C)(C)O)nc2c(N3CCOCC3)nc(Cl)nc21. The first kappa shape index (κ1) is 17.8. The highest BCUT2D eigenvalue weighted by atomic mass is 35.5. The molecule has 0 amide bonds. The van der Waals surface area contributed by atoms with Gasteiger partial charge in [0, 0.05) is 13.1 Å². The molecule has 2 aromatic rings. The summed E-state index contributed by atoms with van der Waals surface area (Å²) >= 11 is 6.09. The van der Waals surface area contributed by atoms with E-state index in [0.29, 0.717) is 37.6 Å². The third kappa shape index (κ3) is 3.26. The summed E-state index contributed by atoms with van der Waals surface area (Å²) in [6.07, 6.45) is 0. The number of rotatable bonds is 4. The minimum atomic E-state index is -1.36. The fourth-order valence-corrected chi connectivity index (χ4v) is 3.00. The monoisotopic (exact) mass is 369 g/mol. The molecule has 1 atom stereocenters. The molecule has 0 saturated carbocycles. The average molecular weight is 370 g/mol. The van der Waals surface area contributed by atoms with E-state index in [0.717, 1.165) is 0 Å². The fourth-order valence-electron chi connectivity index (χ4n) is 2.84. The minimum Gasteiger partial charge on any atom is -0.480 e. The Morgan fingerprint density at radius 3 is 2.48 bits per heavy atom. The third-order valence-electron chi connectivity index (χ3n) is 4.10. The number of carboxylic acid groups (broad SMARTS) is 1. The summed E-state index contributed by atoms with van der Waals surface area (Å²) in [5.41, 5.74) is -0.663. The lowest BCUT2D eigenvalue weighted by atomic mass is 10.1. The first-order valence-electron chi connectivity index (χ1n) is 7.94. The van der Waals surface area contributed by atoms with Crippen molar-refractivity contribution >= 4 is 34.6 Å². The number of nitrogens with zero attached hydrogens (tertiary/aromatic N) is 5. The first-order valence-corrected chi connectivity index (χ1v) is 8.31. The molecule has 3 rings (SSSR count). The Morgan fingerprint density at radius 2 is 1.92 bits per heavy atom. The van der Waals surface area contributed by atoms with Crippen molar-refractivity contribution in [1.29, 1.82) is 0 Å². The second kappa shape index (κ2) is 6.40. The van der Waals surface area contributed by atoms with Crippen LogP contribution >= 0.6 is 11.6 Å². The van der Waals surface area contributed by atoms with Gasteiger partial charge in [-0.05, 0) is 32.4 Å². The topological polar surface area (TPSA) is 114 Å². The highest BCUT2D eigenvalue weighted by Crippen LogP contribution is 2.32. The number of morpholine rings is 1. The highest BCUT2D eigenvalue weighted by Gasteiger charge is 2.32. The van der Waals surface area contributed by atoms with Crippen molar-refractivity contribution in [2.45, 2.75) is 32.4 Å². The molecule has 0 radical (unpaired) electrons. The molecule has 3 heterocycles. The zero-order valence-corrected chi connectivity index (χ0v) is 15.0. The number of fused-ring (bicyclic) bond motifs is 1. The van der Waals surface area contributed by atoms with Crippen LogP contribution < -0.4 is 4.90 Å². The molecule has 1 aliphatic rings. The molecule has 1 fully saturated rings. The zero-order valence-electron chi connectivity index (χ0n) is 14.2. The predicted molar refractivity (Wildman–Crippen MR) is 91.0 cm³/mol. The van der Waals surface area contributed by atoms with Crippen molar-refractivity contribution in [3.63, 3.8) is 0 Å². The van der Waals surface area contributed by atoms with E-state index in [2.05, 4.69) is 15.0 Å². The van der Waals surface area contributed by atoms with Crippen LogP contribution in [0.4, 0.5) is 5.82 Å². The van der Waals surface area contributed by atoms with Crippen LogP contribution in [0.1, 0.15) is 32.6 Å². The minimum absolute atomic E-state index is 0.00461. The van der Waals surface area contributed by atoms with Gasteiger partial charge in [-0.2, -0.15) is 9.97 Å². The number of aromatic nitrogens is 4. The number of aliphatic hydroxyl groups is 1. The summed E-state index contributed by atoms with van der Waals surface area (Å²) < 4.78 is 6.75. The lowest BCUT2D eigenvalue weighted by Gasteiger charge is -2.27. The van der Waals surface area contributed by atoms with E-state index in [1.807, 2.05) is 4.90 Å². The summed E-state index contributed by atoms with van der Waals surface area (Å²) in [6, 6.07) is -0.977. The highest BCUT2D eigenvalue weighted by molar-refractivity contribution is 6.28. The number of carboxylic acids is 1. The molecule has 1 aliphatic heterocycles. The first-order chi connectivity index (χ1) is 11.7. The Morgan fingerprint density at radius 1 is 1.28 bits per heavy atom. The Bertz CT molecular complexity index is 810. The Labute approximate surface area is 149 Å². The molecule has 0 aromatic carbocycles. The van der Waals surface area contributed by atoms with Gasteiger partial charge in [0.25, 0.3) is 0 Å². The van der Waals surface area contributed by atoms with Crippen molar-refractivity contribution in [3.8, 4) is 0 Å². The molecule has 0 spiro atoms. The average Bonchev–Trinajstić information content (AvgIpc) is 2.93. The van der Waals surface area contributed by atoms with E-state index in [1.54, 1.807) is 13.8 Å². The fraction of sp³-hybridized carbons (Fsp3) is 0.600. The molecule has 0 aliphatic carbocycles. The van der Waals surface area contributed by atoms with Crippen LogP contribution in [0.25, 0.3) is 11.2 Å². The van der Waals surface area contributed by atoms with E-state index in [1.165, 1.54) is 11.5 Å². The van der Waals surface area contributed by atoms with Gasteiger partial charge < -0.3 is 19.8 Å². The van der Waals surface area contributed by atoms with Crippen LogP contribution in [-0.2, 0) is 15.1 Å². The number of hydrogen-bond acceptors (Lipinski definition) is 7. The van der Waals surface area contributed by atoms with E-state index in [9.17, 15) is 15.0 Å². The number of anilines is 1. The molecular formula is C15H20ClN5O4. The van der Waals surface area contributed by atoms with Gasteiger partial charge in [-0.15, -0.1) is 0 Å². The number of aliphatic carboxylic acids is 1. The normalized spacial score (nSPS) is 17.1. The van der Waals surface area contributed by atoms with Gasteiger partial charge in [0.2, 0.25) is 5.28 Å². The lowest BCUT2D eigenvalue weighted by Crippen LogP contribution is -2.37. The van der Waals surface area contributed by atoms with Crippen LogP contribution in [0.2, 0.25) is 5.28 Å². The molecular weight excluding hydrogens is 350 g/mol. The summed E-state index contributed by atoms with van der Waals surface area (Å²) in [6.45, 7) is 6.92. The van der Waals surface area contributed by atoms with Crippen LogP contribution in [0.5, 0.6) is 0 Å². The third-order valence-corrected chi connectivity index (χ3v) is 4.27. The smallest absolute Gasteiger partial charge is 0.326 e. The largest absolute Gasteiger partial charge is 0.480 e. The van der Waals surface area contributed by atoms with Crippen molar-refractivity contribution in [2.75, 3.05) is 31.2 Å². The zero-order chi connectivity index (χ0) is 18.4. The number of carbonyl (C=O) groups is 1. The summed E-state index contributed by atoms with van der Waals surface area (Å²) in [4.78, 5) is 26.5. The van der Waals surface area contributed by atoms with E-state index >= 15 is 0 Å².